The van der Waals surface area contributed by atoms with Gasteiger partial charge >= 0.3 is 0 Å². The van der Waals surface area contributed by atoms with Gasteiger partial charge in [-0.25, -0.2) is 4.39 Å². The van der Waals surface area contributed by atoms with Crippen LogP contribution in [0.5, 0.6) is 0 Å². The van der Waals surface area contributed by atoms with E-state index in [-0.39, 0.29) is 42.2 Å². The van der Waals surface area contributed by atoms with Crippen LogP contribution < -0.4 is 16.0 Å². The SMILES string of the molecule is CN=C(NCCc1ccc(F)cc1)NCC(=O)NCc1ccco1.I. The lowest BCUT2D eigenvalue weighted by atomic mass is 10.1. The fourth-order valence-corrected chi connectivity index (χ4v) is 2.02. The van der Waals surface area contributed by atoms with Gasteiger partial charge in [-0.05, 0) is 36.2 Å². The van der Waals surface area contributed by atoms with Crippen molar-refractivity contribution in [1.29, 1.82) is 0 Å². The minimum atomic E-state index is -0.246. The summed E-state index contributed by atoms with van der Waals surface area (Å²) in [5.41, 5.74) is 1.02. The summed E-state index contributed by atoms with van der Waals surface area (Å²) in [6, 6.07) is 9.93. The van der Waals surface area contributed by atoms with Gasteiger partial charge in [0, 0.05) is 13.6 Å². The summed E-state index contributed by atoms with van der Waals surface area (Å²) in [7, 11) is 1.63. The molecule has 0 unspecified atom stereocenters. The molecule has 6 nitrogen and oxygen atoms in total. The van der Waals surface area contributed by atoms with Gasteiger partial charge in [-0.2, -0.15) is 0 Å². The number of amides is 1. The van der Waals surface area contributed by atoms with E-state index in [0.29, 0.717) is 24.8 Å². The Balaban J connectivity index is 0.00000312. The number of aliphatic imine (C=N–C) groups is 1. The smallest absolute Gasteiger partial charge is 0.239 e. The second kappa shape index (κ2) is 11.5. The maximum Gasteiger partial charge on any atom is 0.239 e. The van der Waals surface area contributed by atoms with Gasteiger partial charge < -0.3 is 20.4 Å². The van der Waals surface area contributed by atoms with Crippen LogP contribution in [0.25, 0.3) is 0 Å². The molecule has 0 radical (unpaired) electrons. The maximum absolute atomic E-state index is 12.8. The molecule has 1 amide bonds. The molecule has 1 heterocycles. The van der Waals surface area contributed by atoms with Gasteiger partial charge in [-0.3, -0.25) is 9.79 Å². The molecule has 0 atom stereocenters. The highest BCUT2D eigenvalue weighted by molar-refractivity contribution is 14.0. The number of hydrogen-bond acceptors (Lipinski definition) is 3. The fraction of sp³-hybridized carbons (Fsp3) is 0.294. The van der Waals surface area contributed by atoms with Crippen molar-refractivity contribution in [2.24, 2.45) is 4.99 Å². The molecule has 0 fully saturated rings. The summed E-state index contributed by atoms with van der Waals surface area (Å²) in [5, 5.41) is 8.77. The zero-order valence-corrected chi connectivity index (χ0v) is 16.3. The molecule has 0 aliphatic carbocycles. The first-order valence-corrected chi connectivity index (χ1v) is 7.65. The van der Waals surface area contributed by atoms with Gasteiger partial charge in [0.2, 0.25) is 5.91 Å². The standard InChI is InChI=1S/C17H21FN4O2.HI/c1-19-17(20-9-8-13-4-6-14(18)7-5-13)22-12-16(23)21-11-15-3-2-10-24-15;/h2-7,10H,8-9,11-12H2,1H3,(H,21,23)(H2,19,20,22);1H. The largest absolute Gasteiger partial charge is 0.467 e. The van der Waals surface area contributed by atoms with Crippen molar-refractivity contribution in [2.45, 2.75) is 13.0 Å². The van der Waals surface area contributed by atoms with Crippen LogP contribution in [0.2, 0.25) is 0 Å². The highest BCUT2D eigenvalue weighted by atomic mass is 127. The Bertz CT molecular complexity index is 660. The summed E-state index contributed by atoms with van der Waals surface area (Å²) in [5.74, 6) is 0.827. The second-order valence-electron chi connectivity index (χ2n) is 5.09. The van der Waals surface area contributed by atoms with Crippen LogP contribution in [0, 0.1) is 5.82 Å². The van der Waals surface area contributed by atoms with Crippen LogP contribution in [-0.2, 0) is 17.8 Å². The predicted octanol–water partition coefficient (Wildman–Crippen LogP) is 2.06. The third kappa shape index (κ3) is 8.01. The molecule has 0 aliphatic heterocycles. The molecule has 1 aromatic heterocycles. The van der Waals surface area contributed by atoms with Gasteiger partial charge in [0.15, 0.2) is 5.96 Å². The van der Waals surface area contributed by atoms with Crippen molar-refractivity contribution in [1.82, 2.24) is 16.0 Å². The third-order valence-electron chi connectivity index (χ3n) is 3.30. The number of carbonyl (C=O) groups is 1. The second-order valence-corrected chi connectivity index (χ2v) is 5.09. The number of guanidine groups is 1. The van der Waals surface area contributed by atoms with Crippen molar-refractivity contribution >= 4 is 35.8 Å². The van der Waals surface area contributed by atoms with Crippen molar-refractivity contribution in [2.75, 3.05) is 20.1 Å². The molecule has 3 N–H and O–H groups in total. The molecule has 136 valence electrons. The normalized spacial score (nSPS) is 10.7. The molecule has 0 saturated carbocycles. The number of halogens is 2. The van der Waals surface area contributed by atoms with E-state index in [9.17, 15) is 9.18 Å². The van der Waals surface area contributed by atoms with Crippen LogP contribution in [0.4, 0.5) is 4.39 Å². The summed E-state index contributed by atoms with van der Waals surface area (Å²) < 4.78 is 18.0. The molecule has 8 heteroatoms. The number of furan rings is 1. The molecule has 0 bridgehead atoms. The van der Waals surface area contributed by atoms with Crippen LogP contribution in [-0.4, -0.2) is 32.0 Å². The Hall–Kier alpha value is -2.10. The summed E-state index contributed by atoms with van der Waals surface area (Å²) >= 11 is 0. The van der Waals surface area contributed by atoms with E-state index in [1.54, 1.807) is 37.6 Å². The Morgan fingerprint density at radius 3 is 2.56 bits per heavy atom. The Morgan fingerprint density at radius 1 is 1.16 bits per heavy atom. The molecular weight excluding hydrogens is 438 g/mol. The van der Waals surface area contributed by atoms with Gasteiger partial charge in [-0.1, -0.05) is 12.1 Å². The topological polar surface area (TPSA) is 78.7 Å². The molecule has 1 aromatic carbocycles. The minimum absolute atomic E-state index is 0. The van der Waals surface area contributed by atoms with Gasteiger partial charge in [0.1, 0.15) is 11.6 Å². The highest BCUT2D eigenvalue weighted by Crippen LogP contribution is 2.02. The van der Waals surface area contributed by atoms with E-state index in [0.717, 1.165) is 12.0 Å². The average Bonchev–Trinajstić information content (AvgIpc) is 3.11. The van der Waals surface area contributed by atoms with E-state index in [2.05, 4.69) is 20.9 Å². The van der Waals surface area contributed by atoms with Crippen LogP contribution in [0.15, 0.2) is 52.1 Å². The van der Waals surface area contributed by atoms with Gasteiger partial charge in [-0.15, -0.1) is 24.0 Å². The number of hydrogen-bond donors (Lipinski definition) is 3. The number of nitrogens with zero attached hydrogens (tertiary/aromatic N) is 1. The third-order valence-corrected chi connectivity index (χ3v) is 3.30. The first kappa shape index (κ1) is 20.9. The zero-order chi connectivity index (χ0) is 17.2. The van der Waals surface area contributed by atoms with Crippen molar-refractivity contribution in [3.63, 3.8) is 0 Å². The van der Waals surface area contributed by atoms with Crippen LogP contribution >= 0.6 is 24.0 Å². The summed E-state index contributed by atoms with van der Waals surface area (Å²) in [4.78, 5) is 15.8. The number of nitrogens with one attached hydrogen (secondary N) is 3. The number of rotatable bonds is 7. The first-order valence-electron chi connectivity index (χ1n) is 7.65. The molecule has 25 heavy (non-hydrogen) atoms. The lowest BCUT2D eigenvalue weighted by Gasteiger charge is -2.11. The van der Waals surface area contributed by atoms with Crippen molar-refractivity contribution < 1.29 is 13.6 Å². The lowest BCUT2D eigenvalue weighted by molar-refractivity contribution is -0.120. The van der Waals surface area contributed by atoms with Crippen molar-refractivity contribution in [3.8, 4) is 0 Å². The Kier molecular flexibility index (Phi) is 9.60. The van der Waals surface area contributed by atoms with E-state index >= 15 is 0 Å². The zero-order valence-electron chi connectivity index (χ0n) is 13.9. The quantitative estimate of drug-likeness (QED) is 0.336. The van der Waals surface area contributed by atoms with Crippen LogP contribution in [0.3, 0.4) is 0 Å². The maximum atomic E-state index is 12.8. The van der Waals surface area contributed by atoms with Crippen molar-refractivity contribution in [3.05, 3.63) is 59.8 Å². The summed E-state index contributed by atoms with van der Waals surface area (Å²) in [6.07, 6.45) is 2.29. The molecule has 0 saturated heterocycles. The molecule has 2 aromatic rings. The molecule has 2 rings (SSSR count). The number of benzene rings is 1. The van der Waals surface area contributed by atoms with E-state index in [1.165, 1.54) is 12.1 Å². The van der Waals surface area contributed by atoms with E-state index in [1.807, 2.05) is 0 Å². The minimum Gasteiger partial charge on any atom is -0.467 e. The van der Waals surface area contributed by atoms with E-state index in [4.69, 9.17) is 4.42 Å². The molecule has 0 aliphatic rings. The van der Waals surface area contributed by atoms with E-state index < -0.39 is 0 Å². The predicted molar refractivity (Wildman–Crippen MR) is 105 cm³/mol. The Morgan fingerprint density at radius 2 is 1.92 bits per heavy atom. The highest BCUT2D eigenvalue weighted by Gasteiger charge is 2.04. The van der Waals surface area contributed by atoms with Gasteiger partial charge in [0.05, 0.1) is 19.4 Å². The summed E-state index contributed by atoms with van der Waals surface area (Å²) in [6.45, 7) is 1.08. The number of carbonyl (C=O) groups excluding carboxylic acids is 1. The first-order chi connectivity index (χ1) is 11.7. The molecule has 0 spiro atoms. The Labute approximate surface area is 163 Å². The fourth-order valence-electron chi connectivity index (χ4n) is 2.02. The monoisotopic (exact) mass is 460 g/mol. The van der Waals surface area contributed by atoms with Crippen LogP contribution in [0.1, 0.15) is 11.3 Å². The van der Waals surface area contributed by atoms with Gasteiger partial charge in [0.25, 0.3) is 0 Å². The average molecular weight is 460 g/mol. The molecular formula is C17H22FIN4O2. The lowest BCUT2D eigenvalue weighted by Crippen LogP contribution is -2.43.